The third kappa shape index (κ3) is 3.47. The Morgan fingerprint density at radius 1 is 1.38 bits per heavy atom. The molecule has 1 aliphatic rings. The third-order valence-electron chi connectivity index (χ3n) is 2.62. The Labute approximate surface area is 96.6 Å². The van der Waals surface area contributed by atoms with Gasteiger partial charge in [0.25, 0.3) is 0 Å². The lowest BCUT2D eigenvalue weighted by Crippen LogP contribution is -2.39. The molecule has 0 amide bonds. The zero-order chi connectivity index (χ0) is 11.2. The van der Waals surface area contributed by atoms with Gasteiger partial charge in [0.1, 0.15) is 5.82 Å². The van der Waals surface area contributed by atoms with Crippen LogP contribution in [-0.2, 0) is 4.74 Å². The van der Waals surface area contributed by atoms with E-state index in [1.165, 1.54) is 0 Å². The van der Waals surface area contributed by atoms with Gasteiger partial charge in [0.05, 0.1) is 13.2 Å². The summed E-state index contributed by atoms with van der Waals surface area (Å²) in [6.45, 7) is 11.2. The number of hydrogen-bond acceptors (Lipinski definition) is 4. The molecule has 1 N–H and O–H groups in total. The highest BCUT2D eigenvalue weighted by Gasteiger charge is 2.08. The average Bonchev–Trinajstić information content (AvgIpc) is 2.33. The molecular formula is C12H17N3O. The fourth-order valence-electron chi connectivity index (χ4n) is 1.68. The quantitative estimate of drug-likeness (QED) is 0.816. The van der Waals surface area contributed by atoms with Crippen molar-refractivity contribution in [3.8, 4) is 0 Å². The van der Waals surface area contributed by atoms with Gasteiger partial charge in [0.2, 0.25) is 0 Å². The Morgan fingerprint density at radius 2 is 2.19 bits per heavy atom. The molecule has 2 radical (unpaired) electrons. The Morgan fingerprint density at radius 3 is 2.88 bits per heavy atom. The summed E-state index contributed by atoms with van der Waals surface area (Å²) >= 11 is 0. The number of hydrogen-bond donors (Lipinski definition) is 1. The lowest BCUT2D eigenvalue weighted by atomic mass is 10.3. The van der Waals surface area contributed by atoms with Crippen LogP contribution in [-0.4, -0.2) is 49.3 Å². The van der Waals surface area contributed by atoms with E-state index in [9.17, 15) is 0 Å². The summed E-state index contributed by atoms with van der Waals surface area (Å²) in [6.07, 6.45) is 1.66. The van der Waals surface area contributed by atoms with Gasteiger partial charge in [0.15, 0.2) is 0 Å². The molecule has 0 aromatic carbocycles. The molecule has 0 atom stereocenters. The monoisotopic (exact) mass is 219 g/mol. The second-order valence-corrected chi connectivity index (χ2v) is 3.86. The first-order valence-electron chi connectivity index (χ1n) is 5.60. The maximum atomic E-state index is 5.56. The van der Waals surface area contributed by atoms with Crippen LogP contribution in [0, 0.1) is 6.92 Å². The molecule has 2 rings (SSSR count). The van der Waals surface area contributed by atoms with Gasteiger partial charge in [-0.1, -0.05) is 6.07 Å². The van der Waals surface area contributed by atoms with Crippen molar-refractivity contribution in [3.05, 3.63) is 30.8 Å². The van der Waals surface area contributed by atoms with Crippen molar-refractivity contribution >= 4 is 5.82 Å². The van der Waals surface area contributed by atoms with Crippen molar-refractivity contribution in [1.82, 2.24) is 9.88 Å². The molecule has 0 unspecified atom stereocenters. The largest absolute Gasteiger partial charge is 0.379 e. The van der Waals surface area contributed by atoms with Crippen molar-refractivity contribution in [2.24, 2.45) is 0 Å². The van der Waals surface area contributed by atoms with Crippen molar-refractivity contribution in [3.63, 3.8) is 0 Å². The van der Waals surface area contributed by atoms with E-state index in [1.807, 2.05) is 12.1 Å². The molecule has 1 fully saturated rings. The topological polar surface area (TPSA) is 37.4 Å². The van der Waals surface area contributed by atoms with E-state index in [0.717, 1.165) is 45.2 Å². The summed E-state index contributed by atoms with van der Waals surface area (Å²) in [6, 6.07) is 3.75. The van der Waals surface area contributed by atoms with E-state index in [-0.39, 0.29) is 0 Å². The van der Waals surface area contributed by atoms with E-state index in [0.29, 0.717) is 5.56 Å². The zero-order valence-electron chi connectivity index (χ0n) is 9.35. The highest BCUT2D eigenvalue weighted by molar-refractivity contribution is 5.35. The number of nitrogens with one attached hydrogen (secondary N) is 1. The zero-order valence-corrected chi connectivity index (χ0v) is 9.35. The summed E-state index contributed by atoms with van der Waals surface area (Å²) in [5, 5.41) is 3.27. The molecule has 1 saturated heterocycles. The van der Waals surface area contributed by atoms with Gasteiger partial charge >= 0.3 is 0 Å². The fourth-order valence-corrected chi connectivity index (χ4v) is 1.68. The van der Waals surface area contributed by atoms with Gasteiger partial charge in [-0.3, -0.25) is 4.90 Å². The standard InChI is InChI=1S/C12H17N3O/c1-11-2-3-12(14-10-11)13-4-5-15-6-8-16-9-7-15/h1-3,10H,4-9H2,(H,13,14). The van der Waals surface area contributed by atoms with Crippen LogP contribution < -0.4 is 5.32 Å². The molecule has 4 nitrogen and oxygen atoms in total. The van der Waals surface area contributed by atoms with Gasteiger partial charge in [-0.25, -0.2) is 4.98 Å². The number of rotatable bonds is 4. The van der Waals surface area contributed by atoms with Gasteiger partial charge in [-0.2, -0.15) is 0 Å². The second kappa shape index (κ2) is 5.82. The van der Waals surface area contributed by atoms with Crippen LogP contribution >= 0.6 is 0 Å². The predicted octanol–water partition coefficient (Wildman–Crippen LogP) is 0.885. The van der Waals surface area contributed by atoms with E-state index >= 15 is 0 Å². The summed E-state index contributed by atoms with van der Waals surface area (Å²) in [7, 11) is 0. The predicted molar refractivity (Wildman–Crippen MR) is 63.4 cm³/mol. The lowest BCUT2D eigenvalue weighted by Gasteiger charge is -2.26. The van der Waals surface area contributed by atoms with Crippen molar-refractivity contribution in [2.45, 2.75) is 0 Å². The molecule has 0 spiro atoms. The molecule has 1 aliphatic heterocycles. The minimum Gasteiger partial charge on any atom is -0.379 e. The second-order valence-electron chi connectivity index (χ2n) is 3.86. The molecule has 1 aromatic rings. The van der Waals surface area contributed by atoms with Gasteiger partial charge in [-0.05, 0) is 11.6 Å². The first kappa shape index (κ1) is 11.4. The number of anilines is 1. The highest BCUT2D eigenvalue weighted by Crippen LogP contribution is 2.03. The number of ether oxygens (including phenoxy) is 1. The highest BCUT2D eigenvalue weighted by atomic mass is 16.5. The minimum atomic E-state index is 0.693. The first-order valence-corrected chi connectivity index (χ1v) is 5.60. The van der Waals surface area contributed by atoms with Crippen molar-refractivity contribution in [1.29, 1.82) is 0 Å². The van der Waals surface area contributed by atoms with Crippen LogP contribution in [0.1, 0.15) is 5.56 Å². The molecule has 2 heterocycles. The molecule has 0 saturated carbocycles. The van der Waals surface area contributed by atoms with Crippen LogP contribution in [0.5, 0.6) is 0 Å². The molecule has 0 aliphatic carbocycles. The SMILES string of the molecule is [CH]c1ccc(NCCN2CCOCC2)nc1. The van der Waals surface area contributed by atoms with E-state index < -0.39 is 0 Å². The van der Waals surface area contributed by atoms with Crippen LogP contribution in [0.3, 0.4) is 0 Å². The molecule has 86 valence electrons. The van der Waals surface area contributed by atoms with E-state index in [2.05, 4.69) is 15.2 Å². The summed E-state index contributed by atoms with van der Waals surface area (Å²) < 4.78 is 5.29. The van der Waals surface area contributed by atoms with Gasteiger partial charge in [0, 0.05) is 39.3 Å². The number of aromatic nitrogens is 1. The number of morpholine rings is 1. The fraction of sp³-hybridized carbons (Fsp3) is 0.500. The Balaban J connectivity index is 1.69. The third-order valence-corrected chi connectivity index (χ3v) is 2.62. The maximum Gasteiger partial charge on any atom is 0.125 e. The van der Waals surface area contributed by atoms with E-state index in [4.69, 9.17) is 11.7 Å². The number of nitrogens with zero attached hydrogens (tertiary/aromatic N) is 2. The Hall–Kier alpha value is -1.13. The van der Waals surface area contributed by atoms with Gasteiger partial charge in [-0.15, -0.1) is 0 Å². The van der Waals surface area contributed by atoms with Crippen LogP contribution in [0.4, 0.5) is 5.82 Å². The molecule has 0 bridgehead atoms. The van der Waals surface area contributed by atoms with Crippen LogP contribution in [0.15, 0.2) is 18.3 Å². The van der Waals surface area contributed by atoms with E-state index in [1.54, 1.807) is 6.20 Å². The normalized spacial score (nSPS) is 17.3. The minimum absolute atomic E-state index is 0.693. The summed E-state index contributed by atoms with van der Waals surface area (Å²) in [5.74, 6) is 0.877. The molecule has 16 heavy (non-hydrogen) atoms. The van der Waals surface area contributed by atoms with Crippen molar-refractivity contribution < 1.29 is 4.74 Å². The first-order chi connectivity index (χ1) is 7.84. The lowest BCUT2D eigenvalue weighted by molar-refractivity contribution is 0.0398. The van der Waals surface area contributed by atoms with Crippen LogP contribution in [0.25, 0.3) is 0 Å². The summed E-state index contributed by atoms with van der Waals surface area (Å²) in [4.78, 5) is 6.56. The smallest absolute Gasteiger partial charge is 0.125 e. The average molecular weight is 219 g/mol. The van der Waals surface area contributed by atoms with Crippen LogP contribution in [0.2, 0.25) is 0 Å². The molecule has 4 heteroatoms. The maximum absolute atomic E-state index is 5.56. The Kier molecular flexibility index (Phi) is 4.13. The number of pyridine rings is 1. The van der Waals surface area contributed by atoms with Crippen molar-refractivity contribution in [2.75, 3.05) is 44.7 Å². The molecular weight excluding hydrogens is 202 g/mol. The Bertz CT molecular complexity index is 307. The molecule has 1 aromatic heterocycles. The van der Waals surface area contributed by atoms with Gasteiger partial charge < -0.3 is 10.1 Å². The summed E-state index contributed by atoms with van der Waals surface area (Å²) in [5.41, 5.74) is 0.693.